The fourth-order valence-electron chi connectivity index (χ4n) is 2.26. The van der Waals surface area contributed by atoms with E-state index in [9.17, 15) is 9.59 Å². The number of hydrogen-bond donors (Lipinski definition) is 4. The maximum Gasteiger partial charge on any atom is 0.266 e. The number of nitrogens with one attached hydrogen (secondary N) is 2. The number of furan rings is 1. The van der Waals surface area contributed by atoms with Crippen LogP contribution in [0.15, 0.2) is 40.8 Å². The maximum absolute atomic E-state index is 12.3. The van der Waals surface area contributed by atoms with E-state index < -0.39 is 17.9 Å². The first-order valence-corrected chi connectivity index (χ1v) is 8.51. The molecule has 0 unspecified atom stereocenters. The third kappa shape index (κ3) is 5.75. The summed E-state index contributed by atoms with van der Waals surface area (Å²) in [5.74, 6) is 10.4. The number of hydroxylamine groups is 1. The molecule has 0 saturated carbocycles. The highest BCUT2D eigenvalue weighted by atomic mass is 16.5. The van der Waals surface area contributed by atoms with Crippen molar-refractivity contribution in [3.63, 3.8) is 0 Å². The minimum absolute atomic E-state index is 0.185. The van der Waals surface area contributed by atoms with Crippen LogP contribution < -0.4 is 10.8 Å². The summed E-state index contributed by atoms with van der Waals surface area (Å²) in [6.07, 6.45) is 0. The van der Waals surface area contributed by atoms with E-state index in [0.717, 1.165) is 0 Å². The number of benzene rings is 1. The molecule has 0 bridgehead atoms. The van der Waals surface area contributed by atoms with Crippen molar-refractivity contribution in [2.45, 2.75) is 26.5 Å². The smallest absolute Gasteiger partial charge is 0.266 e. The van der Waals surface area contributed by atoms with E-state index in [2.05, 4.69) is 29.0 Å². The van der Waals surface area contributed by atoms with Gasteiger partial charge in [0.1, 0.15) is 18.4 Å². The van der Waals surface area contributed by atoms with Gasteiger partial charge in [-0.15, -0.1) is 0 Å². The molecule has 0 saturated heterocycles. The summed E-state index contributed by atoms with van der Waals surface area (Å²) >= 11 is 0. The summed E-state index contributed by atoms with van der Waals surface area (Å²) in [5.41, 5.74) is 2.58. The molecule has 1 aromatic carbocycles. The molecule has 2 amide bonds. The molecule has 7 nitrogen and oxygen atoms in total. The van der Waals surface area contributed by atoms with Gasteiger partial charge in [0.05, 0.1) is 0 Å². The van der Waals surface area contributed by atoms with Crippen LogP contribution in [0, 0.1) is 29.6 Å². The number of aliphatic hydroxyl groups excluding tert-OH is 1. The van der Waals surface area contributed by atoms with Crippen LogP contribution in [0.5, 0.6) is 0 Å². The SMILES string of the molecule is CC(C)[C@H](NC(=O)c1ccc(C#CC#Cc2ccc(CO)o2)cc1)C(=O)NO. The lowest BCUT2D eigenvalue weighted by molar-refractivity contribution is -0.132. The Labute approximate surface area is 162 Å². The van der Waals surface area contributed by atoms with Gasteiger partial charge in [-0.25, -0.2) is 5.48 Å². The molecule has 0 spiro atoms. The van der Waals surface area contributed by atoms with Crippen molar-refractivity contribution in [2.24, 2.45) is 5.92 Å². The predicted molar refractivity (Wildman–Crippen MR) is 101 cm³/mol. The molecule has 0 aliphatic rings. The molecule has 7 heteroatoms. The number of amides is 2. The number of hydrogen-bond acceptors (Lipinski definition) is 5. The molecule has 4 N–H and O–H groups in total. The number of rotatable bonds is 5. The first-order chi connectivity index (χ1) is 13.4. The molecule has 1 aromatic heterocycles. The van der Waals surface area contributed by atoms with Crippen molar-refractivity contribution in [1.29, 1.82) is 0 Å². The van der Waals surface area contributed by atoms with E-state index in [-0.39, 0.29) is 12.5 Å². The minimum Gasteiger partial charge on any atom is -0.450 e. The highest BCUT2D eigenvalue weighted by Gasteiger charge is 2.24. The standard InChI is InChI=1S/C21H20N2O5/c1-14(2)19(21(26)23-27)22-20(25)16-9-7-15(8-10-16)5-3-4-6-17-11-12-18(13-24)28-17/h7-12,14,19,24,27H,13H2,1-2H3,(H,22,25)(H,23,26)/t19-/m0/s1. The van der Waals surface area contributed by atoms with E-state index >= 15 is 0 Å². The van der Waals surface area contributed by atoms with Gasteiger partial charge in [0.15, 0.2) is 5.76 Å². The van der Waals surface area contributed by atoms with Crippen molar-refractivity contribution in [2.75, 3.05) is 0 Å². The van der Waals surface area contributed by atoms with E-state index in [4.69, 9.17) is 14.7 Å². The van der Waals surface area contributed by atoms with Gasteiger partial charge in [0.25, 0.3) is 11.8 Å². The molecule has 2 aromatic rings. The lowest BCUT2D eigenvalue weighted by Crippen LogP contribution is -2.48. The number of aliphatic hydroxyl groups is 1. The van der Waals surface area contributed by atoms with E-state index in [1.165, 1.54) is 0 Å². The van der Waals surface area contributed by atoms with Crippen LogP contribution in [-0.4, -0.2) is 28.2 Å². The predicted octanol–water partition coefficient (Wildman–Crippen LogP) is 1.43. The van der Waals surface area contributed by atoms with Gasteiger partial charge in [-0.3, -0.25) is 14.8 Å². The molecule has 0 fully saturated rings. The summed E-state index contributed by atoms with van der Waals surface area (Å²) in [6, 6.07) is 8.93. The zero-order valence-corrected chi connectivity index (χ0v) is 15.4. The van der Waals surface area contributed by atoms with Crippen LogP contribution in [0.2, 0.25) is 0 Å². The third-order valence-corrected chi connectivity index (χ3v) is 3.77. The van der Waals surface area contributed by atoms with Gasteiger partial charge in [0.2, 0.25) is 0 Å². The lowest BCUT2D eigenvalue weighted by atomic mass is 10.0. The quantitative estimate of drug-likeness (QED) is 0.356. The van der Waals surface area contributed by atoms with Crippen molar-refractivity contribution in [1.82, 2.24) is 10.8 Å². The van der Waals surface area contributed by atoms with E-state index in [0.29, 0.717) is 22.6 Å². The normalized spacial score (nSPS) is 10.9. The molecule has 2 rings (SSSR count). The second kappa shape index (κ2) is 9.98. The summed E-state index contributed by atoms with van der Waals surface area (Å²) < 4.78 is 5.22. The summed E-state index contributed by atoms with van der Waals surface area (Å²) in [6.45, 7) is 3.33. The zero-order chi connectivity index (χ0) is 20.5. The average molecular weight is 380 g/mol. The first kappa shape index (κ1) is 20.8. The Balaban J connectivity index is 2.01. The van der Waals surface area contributed by atoms with Crippen molar-refractivity contribution in [3.8, 4) is 23.7 Å². The Morgan fingerprint density at radius 3 is 2.32 bits per heavy atom. The van der Waals surface area contributed by atoms with Crippen LogP contribution in [0.25, 0.3) is 0 Å². The lowest BCUT2D eigenvalue weighted by Gasteiger charge is -2.20. The number of carbonyl (C=O) groups excluding carboxylic acids is 2. The largest absolute Gasteiger partial charge is 0.450 e. The maximum atomic E-state index is 12.3. The monoisotopic (exact) mass is 380 g/mol. The second-order valence-electron chi connectivity index (χ2n) is 6.17. The van der Waals surface area contributed by atoms with Gasteiger partial charge >= 0.3 is 0 Å². The van der Waals surface area contributed by atoms with E-state index in [1.54, 1.807) is 55.7 Å². The summed E-state index contributed by atoms with van der Waals surface area (Å²) in [5, 5.41) is 20.3. The van der Waals surface area contributed by atoms with Crippen molar-refractivity contribution >= 4 is 11.8 Å². The van der Waals surface area contributed by atoms with Crippen LogP contribution in [-0.2, 0) is 11.4 Å². The molecular formula is C21H20N2O5. The van der Waals surface area contributed by atoms with Gasteiger partial charge in [-0.2, -0.15) is 0 Å². The Morgan fingerprint density at radius 1 is 1.07 bits per heavy atom. The highest BCUT2D eigenvalue weighted by molar-refractivity contribution is 5.97. The Kier molecular flexibility index (Phi) is 7.41. The fraction of sp³-hybridized carbons (Fsp3) is 0.238. The molecule has 1 heterocycles. The second-order valence-corrected chi connectivity index (χ2v) is 6.17. The molecule has 28 heavy (non-hydrogen) atoms. The Morgan fingerprint density at radius 2 is 1.75 bits per heavy atom. The first-order valence-electron chi connectivity index (χ1n) is 8.51. The van der Waals surface area contributed by atoms with Gasteiger partial charge in [-0.1, -0.05) is 19.8 Å². The Bertz CT molecular complexity index is 952. The van der Waals surface area contributed by atoms with Gasteiger partial charge in [0, 0.05) is 11.1 Å². The Hall–Kier alpha value is -3.52. The summed E-state index contributed by atoms with van der Waals surface area (Å²) in [4.78, 5) is 23.9. The topological polar surface area (TPSA) is 112 Å². The van der Waals surface area contributed by atoms with Crippen LogP contribution in [0.3, 0.4) is 0 Å². The van der Waals surface area contributed by atoms with Gasteiger partial charge < -0.3 is 14.8 Å². The van der Waals surface area contributed by atoms with E-state index in [1.807, 2.05) is 0 Å². The zero-order valence-electron chi connectivity index (χ0n) is 15.4. The van der Waals surface area contributed by atoms with Crippen molar-refractivity contribution in [3.05, 3.63) is 59.0 Å². The average Bonchev–Trinajstić information content (AvgIpc) is 3.17. The minimum atomic E-state index is -0.847. The number of carbonyl (C=O) groups is 2. The molecule has 0 radical (unpaired) electrons. The van der Waals surface area contributed by atoms with Crippen molar-refractivity contribution < 1.29 is 24.3 Å². The third-order valence-electron chi connectivity index (χ3n) is 3.77. The molecule has 1 atom stereocenters. The van der Waals surface area contributed by atoms with Crippen LogP contribution in [0.4, 0.5) is 0 Å². The fourth-order valence-corrected chi connectivity index (χ4v) is 2.26. The highest BCUT2D eigenvalue weighted by Crippen LogP contribution is 2.07. The molecular weight excluding hydrogens is 360 g/mol. The molecule has 144 valence electrons. The van der Waals surface area contributed by atoms with Gasteiger partial charge in [-0.05, 0) is 60.1 Å². The van der Waals surface area contributed by atoms with Crippen LogP contribution in [0.1, 0.15) is 41.3 Å². The van der Waals surface area contributed by atoms with Crippen LogP contribution >= 0.6 is 0 Å². The summed E-state index contributed by atoms with van der Waals surface area (Å²) in [7, 11) is 0. The molecule has 0 aliphatic carbocycles. The molecule has 0 aliphatic heterocycles.